The molecule has 0 amide bonds. The lowest BCUT2D eigenvalue weighted by Crippen LogP contribution is -2.04. The maximum atomic E-state index is 9.15. The van der Waals surface area contributed by atoms with E-state index in [0.29, 0.717) is 11.2 Å². The van der Waals surface area contributed by atoms with E-state index in [1.807, 2.05) is 0 Å². The molecule has 4 heteroatoms. The van der Waals surface area contributed by atoms with Crippen LogP contribution in [0.2, 0.25) is 0 Å². The molecular weight excluding hydrogens is 155 g/mol. The van der Waals surface area contributed by atoms with Gasteiger partial charge >= 0.3 is 0 Å². The molecule has 3 nitrogen and oxygen atoms in total. The van der Waals surface area contributed by atoms with Crippen LogP contribution in [0.1, 0.15) is 0 Å². The zero-order chi connectivity index (χ0) is 8.97. The number of aromatic hydroxyl groups is 1. The van der Waals surface area contributed by atoms with Crippen LogP contribution in [0.3, 0.4) is 0 Å². The smallest absolute Gasteiger partial charge is 0.188 e. The van der Waals surface area contributed by atoms with E-state index in [0.717, 1.165) is 0 Å². The van der Waals surface area contributed by atoms with Gasteiger partial charge in [-0.1, -0.05) is 11.5 Å². The van der Waals surface area contributed by atoms with Gasteiger partial charge in [-0.2, -0.15) is 0 Å². The Morgan fingerprint density at radius 2 is 2.25 bits per heavy atom. The van der Waals surface area contributed by atoms with Gasteiger partial charge in [0.2, 0.25) is 0 Å². The topological polar surface area (TPSA) is 38.7 Å². The van der Waals surface area contributed by atoms with Gasteiger partial charge in [-0.25, -0.2) is 0 Å². The first kappa shape index (κ1) is 8.94. The summed E-state index contributed by atoms with van der Waals surface area (Å²) in [6.45, 7) is 0.156. The molecule has 62 valence electrons. The van der Waals surface area contributed by atoms with E-state index in [2.05, 4.69) is 4.74 Å². The number of benzene rings is 1. The summed E-state index contributed by atoms with van der Waals surface area (Å²) in [6, 6.07) is 4.67. The second-order valence-corrected chi connectivity index (χ2v) is 2.27. The van der Waals surface area contributed by atoms with Crippen molar-refractivity contribution in [3.8, 4) is 11.5 Å². The lowest BCUT2D eigenvalue weighted by Gasteiger charge is -2.05. The van der Waals surface area contributed by atoms with Gasteiger partial charge in [0, 0.05) is 13.2 Å². The third kappa shape index (κ3) is 2.17. The summed E-state index contributed by atoms with van der Waals surface area (Å²) in [4.78, 5) is 0. The highest BCUT2D eigenvalue weighted by atomic mass is 16.7. The van der Waals surface area contributed by atoms with Crippen molar-refractivity contribution < 1.29 is 14.6 Å². The first-order valence-corrected chi connectivity index (χ1v) is 3.44. The number of phenolic OH excluding ortho intramolecular Hbond substituents is 1. The molecule has 1 aromatic carbocycles. The third-order valence-electron chi connectivity index (χ3n) is 1.35. The highest BCUT2D eigenvalue weighted by Crippen LogP contribution is 2.15. The van der Waals surface area contributed by atoms with Gasteiger partial charge in [-0.3, -0.25) is 0 Å². The van der Waals surface area contributed by atoms with E-state index in [4.69, 9.17) is 17.7 Å². The molecule has 0 aliphatic carbocycles. The zero-order valence-corrected chi connectivity index (χ0v) is 6.78. The SMILES string of the molecule is [B]c1ccc(OCOC)cc1O. The lowest BCUT2D eigenvalue weighted by atomic mass is 9.95. The Bertz CT molecular complexity index is 262. The van der Waals surface area contributed by atoms with Crippen LogP contribution < -0.4 is 10.2 Å². The molecule has 0 heterocycles. The molecule has 0 bridgehead atoms. The summed E-state index contributed by atoms with van der Waals surface area (Å²) in [7, 11) is 6.91. The molecule has 1 aromatic rings. The normalized spacial score (nSPS) is 9.75. The van der Waals surface area contributed by atoms with Gasteiger partial charge in [0.1, 0.15) is 19.3 Å². The van der Waals surface area contributed by atoms with E-state index in [-0.39, 0.29) is 12.5 Å². The summed E-state index contributed by atoms with van der Waals surface area (Å²) >= 11 is 0. The number of hydrogen-bond acceptors (Lipinski definition) is 3. The summed E-state index contributed by atoms with van der Waals surface area (Å²) in [5, 5.41) is 9.15. The molecule has 12 heavy (non-hydrogen) atoms. The molecular formula is C8H9BO3. The lowest BCUT2D eigenvalue weighted by molar-refractivity contribution is 0.0510. The van der Waals surface area contributed by atoms with Crippen molar-refractivity contribution in [1.82, 2.24) is 0 Å². The van der Waals surface area contributed by atoms with Crippen LogP contribution in [0.15, 0.2) is 18.2 Å². The maximum Gasteiger partial charge on any atom is 0.188 e. The Morgan fingerprint density at radius 3 is 2.83 bits per heavy atom. The van der Waals surface area contributed by atoms with Crippen LogP contribution in [0, 0.1) is 0 Å². The Morgan fingerprint density at radius 1 is 1.50 bits per heavy atom. The van der Waals surface area contributed by atoms with Crippen molar-refractivity contribution in [3.05, 3.63) is 18.2 Å². The van der Waals surface area contributed by atoms with Crippen molar-refractivity contribution in [1.29, 1.82) is 0 Å². The Balaban J connectivity index is 2.69. The second kappa shape index (κ2) is 4.02. The highest BCUT2D eigenvalue weighted by Gasteiger charge is 1.97. The number of phenols is 1. The Hall–Kier alpha value is -1.16. The molecule has 0 aromatic heterocycles. The zero-order valence-electron chi connectivity index (χ0n) is 6.78. The Labute approximate surface area is 72.3 Å². The first-order chi connectivity index (χ1) is 5.74. The molecule has 2 radical (unpaired) electrons. The van der Waals surface area contributed by atoms with Gasteiger partial charge in [0.25, 0.3) is 0 Å². The fraction of sp³-hybridized carbons (Fsp3) is 0.250. The van der Waals surface area contributed by atoms with Crippen LogP contribution in [0.4, 0.5) is 0 Å². The van der Waals surface area contributed by atoms with E-state index < -0.39 is 0 Å². The predicted octanol–water partition coefficient (Wildman–Crippen LogP) is 0.169. The van der Waals surface area contributed by atoms with Crippen LogP contribution in [-0.4, -0.2) is 26.9 Å². The summed E-state index contributed by atoms with van der Waals surface area (Å²) < 4.78 is 9.73. The number of methoxy groups -OCH3 is 1. The number of hydrogen-bond donors (Lipinski definition) is 1. The fourth-order valence-electron chi connectivity index (χ4n) is 0.740. The van der Waals surface area contributed by atoms with E-state index in [1.165, 1.54) is 13.2 Å². The number of ether oxygens (including phenoxy) is 2. The van der Waals surface area contributed by atoms with Gasteiger partial charge in [-0.15, -0.1) is 0 Å². The highest BCUT2D eigenvalue weighted by molar-refractivity contribution is 6.34. The van der Waals surface area contributed by atoms with Crippen molar-refractivity contribution in [2.24, 2.45) is 0 Å². The number of rotatable bonds is 3. The van der Waals surface area contributed by atoms with Crippen molar-refractivity contribution in [2.45, 2.75) is 0 Å². The molecule has 0 unspecified atom stereocenters. The van der Waals surface area contributed by atoms with Crippen LogP contribution in [-0.2, 0) is 4.74 Å². The van der Waals surface area contributed by atoms with E-state index in [1.54, 1.807) is 12.1 Å². The predicted molar refractivity (Wildman–Crippen MR) is 46.0 cm³/mol. The van der Waals surface area contributed by atoms with Crippen LogP contribution in [0.5, 0.6) is 11.5 Å². The standard InChI is InChI=1S/C8H9BO3/c1-11-5-12-6-2-3-7(9)8(10)4-6/h2-4,10H,5H2,1H3. The molecule has 0 spiro atoms. The molecule has 0 aliphatic rings. The quantitative estimate of drug-likeness (QED) is 0.511. The molecule has 0 saturated heterocycles. The van der Waals surface area contributed by atoms with Crippen molar-refractivity contribution >= 4 is 13.3 Å². The van der Waals surface area contributed by atoms with Crippen molar-refractivity contribution in [3.63, 3.8) is 0 Å². The van der Waals surface area contributed by atoms with Crippen LogP contribution in [0.25, 0.3) is 0 Å². The summed E-state index contributed by atoms with van der Waals surface area (Å²) in [5.41, 5.74) is 0.333. The van der Waals surface area contributed by atoms with Gasteiger partial charge < -0.3 is 14.6 Å². The van der Waals surface area contributed by atoms with Gasteiger partial charge in [0.05, 0.1) is 0 Å². The summed E-state index contributed by atoms with van der Waals surface area (Å²) in [6.07, 6.45) is 0. The molecule has 0 aliphatic heterocycles. The first-order valence-electron chi connectivity index (χ1n) is 3.44. The van der Waals surface area contributed by atoms with E-state index >= 15 is 0 Å². The summed E-state index contributed by atoms with van der Waals surface area (Å²) in [5.74, 6) is 0.548. The minimum atomic E-state index is 0.0172. The third-order valence-corrected chi connectivity index (χ3v) is 1.35. The largest absolute Gasteiger partial charge is 0.508 e. The van der Waals surface area contributed by atoms with Gasteiger partial charge in [0.15, 0.2) is 6.79 Å². The molecule has 0 saturated carbocycles. The molecule has 1 rings (SSSR count). The maximum absolute atomic E-state index is 9.15. The van der Waals surface area contributed by atoms with Crippen molar-refractivity contribution in [2.75, 3.05) is 13.9 Å². The average molecular weight is 164 g/mol. The minimum Gasteiger partial charge on any atom is -0.508 e. The Kier molecular flexibility index (Phi) is 2.99. The monoisotopic (exact) mass is 164 g/mol. The minimum absolute atomic E-state index is 0.0172. The average Bonchev–Trinajstić information content (AvgIpc) is 2.07. The fourth-order valence-corrected chi connectivity index (χ4v) is 0.740. The molecule has 0 atom stereocenters. The molecule has 1 N–H and O–H groups in total. The second-order valence-electron chi connectivity index (χ2n) is 2.27. The van der Waals surface area contributed by atoms with Crippen LogP contribution >= 0.6 is 0 Å². The molecule has 0 fully saturated rings. The van der Waals surface area contributed by atoms with E-state index in [9.17, 15) is 0 Å². The van der Waals surface area contributed by atoms with Gasteiger partial charge in [-0.05, 0) is 6.07 Å².